The average Bonchev–Trinajstić information content (AvgIpc) is 2.75. The smallest absolute Gasteiger partial charge is 0.253 e. The molecular formula is C23H31F2N3O4. The summed E-state index contributed by atoms with van der Waals surface area (Å²) in [4.78, 5) is 23.9. The molecule has 1 aliphatic heterocycles. The van der Waals surface area contributed by atoms with Crippen molar-refractivity contribution in [3.63, 3.8) is 0 Å². The normalized spacial score (nSPS) is 23.1. The summed E-state index contributed by atoms with van der Waals surface area (Å²) in [5, 5.41) is 31.0. The lowest BCUT2D eigenvalue weighted by molar-refractivity contribution is -0.0375. The van der Waals surface area contributed by atoms with Gasteiger partial charge in [-0.05, 0) is 49.9 Å². The quantitative estimate of drug-likeness (QED) is 0.350. The Balaban J connectivity index is 1.86. The Morgan fingerprint density at radius 3 is 2.47 bits per heavy atom. The summed E-state index contributed by atoms with van der Waals surface area (Å²) in [6, 6.07) is 1.74. The van der Waals surface area contributed by atoms with E-state index in [0.29, 0.717) is 31.4 Å². The number of rotatable bonds is 10. The minimum absolute atomic E-state index is 0.00335. The van der Waals surface area contributed by atoms with Gasteiger partial charge in [-0.2, -0.15) is 0 Å². The summed E-state index contributed by atoms with van der Waals surface area (Å²) >= 11 is 0. The lowest BCUT2D eigenvalue weighted by atomic mass is 9.80. The van der Waals surface area contributed by atoms with Crippen molar-refractivity contribution < 1.29 is 19.0 Å². The number of hydrogen-bond donors (Lipinski definition) is 5. The third-order valence-corrected chi connectivity index (χ3v) is 6.28. The average molecular weight is 452 g/mol. The van der Waals surface area contributed by atoms with E-state index < -0.39 is 46.3 Å². The van der Waals surface area contributed by atoms with Crippen molar-refractivity contribution >= 4 is 11.4 Å². The number of piperidine rings is 1. The van der Waals surface area contributed by atoms with Gasteiger partial charge in [0.05, 0.1) is 17.7 Å². The van der Waals surface area contributed by atoms with Crippen LogP contribution in [0.2, 0.25) is 0 Å². The van der Waals surface area contributed by atoms with Crippen molar-refractivity contribution in [3.8, 4) is 0 Å². The fourth-order valence-electron chi connectivity index (χ4n) is 4.52. The van der Waals surface area contributed by atoms with Crippen molar-refractivity contribution in [2.75, 3.05) is 24.2 Å². The highest BCUT2D eigenvalue weighted by Crippen LogP contribution is 2.30. The van der Waals surface area contributed by atoms with E-state index in [4.69, 9.17) is 0 Å². The van der Waals surface area contributed by atoms with Gasteiger partial charge >= 0.3 is 0 Å². The first-order valence-electron chi connectivity index (χ1n) is 11.0. The molecule has 0 radical (unpaired) electrons. The maximum absolute atomic E-state index is 13.7. The molecular weight excluding hydrogens is 420 g/mol. The van der Waals surface area contributed by atoms with Crippen LogP contribution in [0.25, 0.3) is 0 Å². The van der Waals surface area contributed by atoms with Crippen LogP contribution < -0.4 is 26.8 Å². The van der Waals surface area contributed by atoms with Crippen LogP contribution in [-0.4, -0.2) is 47.6 Å². The standard InChI is InChI=1S/C23H31F2N3O4/c1-3-4-5-23(32)6-7-27-17(12-23)20(29)16(10-13-8-14(24)11-15(25)9-13)28-19-18(26-2)21(30)22(19)31/h8-9,11,16-17,20,26-29,32H,3-7,10,12H2,1-2H3. The molecule has 9 heteroatoms. The van der Waals surface area contributed by atoms with Crippen LogP contribution in [0.15, 0.2) is 27.8 Å². The van der Waals surface area contributed by atoms with E-state index >= 15 is 0 Å². The molecule has 1 heterocycles. The van der Waals surface area contributed by atoms with Crippen LogP contribution in [0.4, 0.5) is 20.2 Å². The van der Waals surface area contributed by atoms with Gasteiger partial charge in [0.2, 0.25) is 0 Å². The van der Waals surface area contributed by atoms with Gasteiger partial charge in [-0.15, -0.1) is 0 Å². The third-order valence-electron chi connectivity index (χ3n) is 6.28. The van der Waals surface area contributed by atoms with E-state index in [1.54, 1.807) is 0 Å². The summed E-state index contributed by atoms with van der Waals surface area (Å²) in [5.74, 6) is -1.49. The molecule has 0 amide bonds. The molecule has 5 N–H and O–H groups in total. The number of unbranched alkanes of at least 4 members (excludes halogenated alkanes) is 1. The summed E-state index contributed by atoms with van der Waals surface area (Å²) in [5.41, 5.74) is -1.86. The molecule has 3 rings (SSSR count). The fraction of sp³-hybridized carbons (Fsp3) is 0.565. The van der Waals surface area contributed by atoms with Crippen molar-refractivity contribution in [2.24, 2.45) is 0 Å². The zero-order valence-corrected chi connectivity index (χ0v) is 18.4. The molecule has 2 aromatic rings. The first kappa shape index (κ1) is 24.3. The van der Waals surface area contributed by atoms with Gasteiger partial charge in [-0.25, -0.2) is 8.78 Å². The molecule has 0 spiro atoms. The van der Waals surface area contributed by atoms with Crippen LogP contribution in [0.5, 0.6) is 0 Å². The molecule has 0 aliphatic carbocycles. The van der Waals surface area contributed by atoms with Crippen molar-refractivity contribution in [2.45, 2.75) is 69.2 Å². The van der Waals surface area contributed by atoms with Gasteiger partial charge in [0, 0.05) is 19.2 Å². The van der Waals surface area contributed by atoms with Crippen LogP contribution >= 0.6 is 0 Å². The number of halogens is 2. The van der Waals surface area contributed by atoms with E-state index in [9.17, 15) is 28.6 Å². The van der Waals surface area contributed by atoms with Crippen molar-refractivity contribution in [1.29, 1.82) is 0 Å². The molecule has 0 saturated carbocycles. The van der Waals surface area contributed by atoms with Crippen LogP contribution in [0.3, 0.4) is 0 Å². The van der Waals surface area contributed by atoms with Gasteiger partial charge in [0.1, 0.15) is 23.0 Å². The monoisotopic (exact) mass is 451 g/mol. The first-order chi connectivity index (χ1) is 15.2. The van der Waals surface area contributed by atoms with Gasteiger partial charge < -0.3 is 26.2 Å². The van der Waals surface area contributed by atoms with Crippen LogP contribution in [0.1, 0.15) is 44.6 Å². The first-order valence-corrected chi connectivity index (χ1v) is 11.0. The van der Waals surface area contributed by atoms with Gasteiger partial charge in [-0.1, -0.05) is 19.8 Å². The predicted molar refractivity (Wildman–Crippen MR) is 120 cm³/mol. The minimum atomic E-state index is -1.11. The molecule has 32 heavy (non-hydrogen) atoms. The van der Waals surface area contributed by atoms with Crippen molar-refractivity contribution in [3.05, 3.63) is 55.8 Å². The Morgan fingerprint density at radius 1 is 1.19 bits per heavy atom. The summed E-state index contributed by atoms with van der Waals surface area (Å²) in [6.07, 6.45) is 2.17. The number of hydrogen-bond acceptors (Lipinski definition) is 7. The Kier molecular flexibility index (Phi) is 7.63. The molecule has 0 aromatic heterocycles. The lowest BCUT2D eigenvalue weighted by Gasteiger charge is -2.41. The van der Waals surface area contributed by atoms with Gasteiger partial charge in [-0.3, -0.25) is 9.59 Å². The highest BCUT2D eigenvalue weighted by atomic mass is 19.1. The predicted octanol–water partition coefficient (Wildman–Crippen LogP) is 1.66. The molecule has 1 fully saturated rings. The minimum Gasteiger partial charge on any atom is -0.390 e. The number of aliphatic hydroxyl groups excluding tert-OH is 1. The number of anilines is 2. The molecule has 176 valence electrons. The molecule has 7 nitrogen and oxygen atoms in total. The lowest BCUT2D eigenvalue weighted by Crippen LogP contribution is -2.58. The molecule has 1 saturated heterocycles. The number of nitrogens with one attached hydrogen (secondary N) is 3. The molecule has 2 aromatic carbocycles. The van der Waals surface area contributed by atoms with E-state index in [-0.39, 0.29) is 17.8 Å². The molecule has 4 atom stereocenters. The Bertz CT molecular complexity index is 988. The second kappa shape index (κ2) is 10.1. The number of aliphatic hydroxyl groups is 2. The second-order valence-corrected chi connectivity index (χ2v) is 8.72. The van der Waals surface area contributed by atoms with E-state index in [2.05, 4.69) is 16.0 Å². The Hall–Kier alpha value is -2.36. The topological polar surface area (TPSA) is 111 Å². The number of benzene rings is 1. The summed E-state index contributed by atoms with van der Waals surface area (Å²) < 4.78 is 27.5. The Morgan fingerprint density at radius 2 is 1.84 bits per heavy atom. The zero-order valence-electron chi connectivity index (χ0n) is 18.4. The molecule has 1 aliphatic rings. The maximum Gasteiger partial charge on any atom is 0.253 e. The van der Waals surface area contributed by atoms with Gasteiger partial charge in [0.15, 0.2) is 0 Å². The van der Waals surface area contributed by atoms with E-state index in [1.165, 1.54) is 7.05 Å². The summed E-state index contributed by atoms with van der Waals surface area (Å²) in [6.45, 7) is 2.55. The maximum atomic E-state index is 13.7. The largest absolute Gasteiger partial charge is 0.390 e. The Labute approximate surface area is 185 Å². The van der Waals surface area contributed by atoms with E-state index in [1.807, 2.05) is 6.92 Å². The second-order valence-electron chi connectivity index (χ2n) is 8.72. The molecule has 0 bridgehead atoms. The fourth-order valence-corrected chi connectivity index (χ4v) is 4.52. The zero-order chi connectivity index (χ0) is 23.5. The summed E-state index contributed by atoms with van der Waals surface area (Å²) in [7, 11) is 1.51. The van der Waals surface area contributed by atoms with Crippen molar-refractivity contribution in [1.82, 2.24) is 5.32 Å². The highest BCUT2D eigenvalue weighted by Gasteiger charge is 2.39. The van der Waals surface area contributed by atoms with Crippen LogP contribution in [0, 0.1) is 11.6 Å². The SMILES string of the molecule is CCCCC1(O)CCNC(C(O)C(Cc2cc(F)cc(F)c2)Nc2c(NC)c(=O)c2=O)C1. The third kappa shape index (κ3) is 5.33. The molecule has 4 unspecified atom stereocenters. The van der Waals surface area contributed by atoms with Crippen LogP contribution in [-0.2, 0) is 6.42 Å². The highest BCUT2D eigenvalue weighted by molar-refractivity contribution is 5.74. The van der Waals surface area contributed by atoms with Gasteiger partial charge in [0.25, 0.3) is 10.9 Å². The van der Waals surface area contributed by atoms with E-state index in [0.717, 1.165) is 31.0 Å².